The number of hydrogen-bond acceptors (Lipinski definition) is 2. The lowest BCUT2D eigenvalue weighted by Gasteiger charge is -2.17. The average Bonchev–Trinajstić information content (AvgIpc) is 2.62. The molecule has 0 aliphatic carbocycles. The van der Waals surface area contributed by atoms with E-state index < -0.39 is 0 Å². The molecule has 2 N–H and O–H groups in total. The van der Waals surface area contributed by atoms with Crippen LogP contribution >= 0.6 is 0 Å². The van der Waals surface area contributed by atoms with Crippen molar-refractivity contribution in [2.75, 3.05) is 0 Å². The zero-order chi connectivity index (χ0) is 11.5. The second-order valence-electron chi connectivity index (χ2n) is 4.37. The molecule has 2 amide bonds. The molecule has 4 nitrogen and oxygen atoms in total. The minimum atomic E-state index is -0.0532. The molecule has 0 bridgehead atoms. The molecule has 16 heavy (non-hydrogen) atoms. The third kappa shape index (κ3) is 2.33. The van der Waals surface area contributed by atoms with Crippen LogP contribution in [0.3, 0.4) is 0 Å². The van der Waals surface area contributed by atoms with E-state index in [1.807, 2.05) is 30.3 Å². The fraction of sp³-hybridized carbons (Fsp3) is 0.417. The van der Waals surface area contributed by atoms with Crippen molar-refractivity contribution >= 4 is 6.03 Å². The summed E-state index contributed by atoms with van der Waals surface area (Å²) in [7, 11) is 0. The Morgan fingerprint density at radius 2 is 2.00 bits per heavy atom. The van der Waals surface area contributed by atoms with E-state index in [1.165, 1.54) is 0 Å². The van der Waals surface area contributed by atoms with Crippen LogP contribution in [0.15, 0.2) is 30.3 Å². The molecule has 1 aliphatic heterocycles. The van der Waals surface area contributed by atoms with Crippen LogP contribution < -0.4 is 10.7 Å². The molecule has 0 spiro atoms. The predicted octanol–water partition coefficient (Wildman–Crippen LogP) is 1.70. The summed E-state index contributed by atoms with van der Waals surface area (Å²) in [6.07, 6.45) is 0.0382. The number of nitrogens with one attached hydrogen (secondary N) is 2. The van der Waals surface area contributed by atoms with Gasteiger partial charge in [0.25, 0.3) is 0 Å². The summed E-state index contributed by atoms with van der Waals surface area (Å²) < 4.78 is 0. The number of hydrazine groups is 1. The first kappa shape index (κ1) is 11.0. The summed E-state index contributed by atoms with van der Waals surface area (Å²) in [6.45, 7) is 4.74. The van der Waals surface area contributed by atoms with Gasteiger partial charge in [-0.05, 0) is 11.5 Å². The lowest BCUT2D eigenvalue weighted by molar-refractivity contribution is 0.191. The highest BCUT2D eigenvalue weighted by Gasteiger charge is 2.29. The zero-order valence-corrected chi connectivity index (χ0v) is 9.60. The predicted molar refractivity (Wildman–Crippen MR) is 62.3 cm³/mol. The molecular formula is C12H17N3O. The van der Waals surface area contributed by atoms with Gasteiger partial charge in [0.1, 0.15) is 6.17 Å². The standard InChI is InChI=1S/C12H17N3O/c1-9(2)11-13-12(16)15(14-11)8-10-6-4-3-5-7-10/h3-7,9,11,14H,8H2,1-2H3,(H,13,16). The van der Waals surface area contributed by atoms with E-state index in [-0.39, 0.29) is 12.2 Å². The van der Waals surface area contributed by atoms with Crippen molar-refractivity contribution in [3.8, 4) is 0 Å². The maximum absolute atomic E-state index is 11.6. The van der Waals surface area contributed by atoms with Crippen LogP contribution in [0.4, 0.5) is 4.79 Å². The summed E-state index contributed by atoms with van der Waals surface area (Å²) in [5.74, 6) is 0.379. The molecule has 1 saturated heterocycles. The molecule has 4 heteroatoms. The van der Waals surface area contributed by atoms with Gasteiger partial charge in [0, 0.05) is 0 Å². The number of urea groups is 1. The number of carbonyl (C=O) groups is 1. The van der Waals surface area contributed by atoms with E-state index in [0.717, 1.165) is 5.56 Å². The second-order valence-corrected chi connectivity index (χ2v) is 4.37. The molecule has 0 saturated carbocycles. The number of amides is 2. The van der Waals surface area contributed by atoms with E-state index in [9.17, 15) is 4.79 Å². The largest absolute Gasteiger partial charge is 0.333 e. The molecule has 1 heterocycles. The van der Waals surface area contributed by atoms with Crippen LogP contribution in [0.25, 0.3) is 0 Å². The zero-order valence-electron chi connectivity index (χ0n) is 9.60. The van der Waals surface area contributed by atoms with Crippen molar-refractivity contribution in [1.29, 1.82) is 0 Å². The van der Waals surface area contributed by atoms with Crippen molar-refractivity contribution in [2.45, 2.75) is 26.6 Å². The monoisotopic (exact) mass is 219 g/mol. The third-order valence-electron chi connectivity index (χ3n) is 2.67. The van der Waals surface area contributed by atoms with Gasteiger partial charge in [-0.15, -0.1) is 0 Å². The van der Waals surface area contributed by atoms with Crippen LogP contribution in [0, 0.1) is 5.92 Å². The van der Waals surface area contributed by atoms with Crippen molar-refractivity contribution in [2.24, 2.45) is 5.92 Å². The fourth-order valence-corrected chi connectivity index (χ4v) is 1.67. The Kier molecular flexibility index (Phi) is 3.10. The van der Waals surface area contributed by atoms with Gasteiger partial charge < -0.3 is 5.32 Å². The Hall–Kier alpha value is -1.55. The topological polar surface area (TPSA) is 44.4 Å². The van der Waals surface area contributed by atoms with Crippen LogP contribution in [0.5, 0.6) is 0 Å². The van der Waals surface area contributed by atoms with Crippen LogP contribution in [-0.2, 0) is 6.54 Å². The summed E-state index contributed by atoms with van der Waals surface area (Å²) >= 11 is 0. The first-order valence-corrected chi connectivity index (χ1v) is 5.55. The highest BCUT2D eigenvalue weighted by Crippen LogP contribution is 2.10. The number of nitrogens with zero attached hydrogens (tertiary/aromatic N) is 1. The molecular weight excluding hydrogens is 202 g/mol. The van der Waals surface area contributed by atoms with Crippen molar-refractivity contribution in [3.63, 3.8) is 0 Å². The van der Waals surface area contributed by atoms with E-state index >= 15 is 0 Å². The van der Waals surface area contributed by atoms with Gasteiger partial charge in [0.2, 0.25) is 0 Å². The molecule has 1 atom stereocenters. The molecule has 1 aromatic carbocycles. The highest BCUT2D eigenvalue weighted by atomic mass is 16.2. The molecule has 1 aliphatic rings. The third-order valence-corrected chi connectivity index (χ3v) is 2.67. The van der Waals surface area contributed by atoms with Crippen LogP contribution in [-0.4, -0.2) is 17.2 Å². The van der Waals surface area contributed by atoms with Crippen molar-refractivity contribution in [1.82, 2.24) is 15.8 Å². The van der Waals surface area contributed by atoms with Gasteiger partial charge >= 0.3 is 6.03 Å². The van der Waals surface area contributed by atoms with Crippen LogP contribution in [0.1, 0.15) is 19.4 Å². The molecule has 1 unspecified atom stereocenters. The second kappa shape index (κ2) is 4.53. The minimum Gasteiger partial charge on any atom is -0.320 e. The number of rotatable bonds is 3. The summed E-state index contributed by atoms with van der Waals surface area (Å²) in [4.78, 5) is 11.6. The normalized spacial score (nSPS) is 20.3. The van der Waals surface area contributed by atoms with E-state index in [1.54, 1.807) is 5.01 Å². The van der Waals surface area contributed by atoms with Gasteiger partial charge in [0.15, 0.2) is 0 Å². The molecule has 0 radical (unpaired) electrons. The Morgan fingerprint density at radius 1 is 1.31 bits per heavy atom. The van der Waals surface area contributed by atoms with E-state index in [4.69, 9.17) is 0 Å². The molecule has 2 rings (SSSR count). The molecule has 0 aromatic heterocycles. The van der Waals surface area contributed by atoms with Crippen molar-refractivity contribution in [3.05, 3.63) is 35.9 Å². The number of benzene rings is 1. The van der Waals surface area contributed by atoms with E-state index in [2.05, 4.69) is 24.6 Å². The van der Waals surface area contributed by atoms with Gasteiger partial charge in [0.05, 0.1) is 6.54 Å². The van der Waals surface area contributed by atoms with Gasteiger partial charge in [-0.2, -0.15) is 0 Å². The SMILES string of the molecule is CC(C)C1NC(=O)N(Cc2ccccc2)N1. The van der Waals surface area contributed by atoms with Gasteiger partial charge in [-0.25, -0.2) is 10.2 Å². The maximum Gasteiger partial charge on any atom is 0.333 e. The molecule has 86 valence electrons. The molecule has 1 aromatic rings. The summed E-state index contributed by atoms with van der Waals surface area (Å²) in [5.41, 5.74) is 4.28. The lowest BCUT2D eigenvalue weighted by Crippen LogP contribution is -2.39. The van der Waals surface area contributed by atoms with Crippen molar-refractivity contribution < 1.29 is 4.79 Å². The first-order chi connectivity index (χ1) is 7.66. The molecule has 1 fully saturated rings. The number of hydrogen-bond donors (Lipinski definition) is 2. The quantitative estimate of drug-likeness (QED) is 0.812. The lowest BCUT2D eigenvalue weighted by atomic mass is 10.2. The smallest absolute Gasteiger partial charge is 0.320 e. The van der Waals surface area contributed by atoms with Crippen LogP contribution in [0.2, 0.25) is 0 Å². The fourth-order valence-electron chi connectivity index (χ4n) is 1.67. The summed E-state index contributed by atoms with van der Waals surface area (Å²) in [5, 5.41) is 4.52. The first-order valence-electron chi connectivity index (χ1n) is 5.55. The average molecular weight is 219 g/mol. The number of carbonyl (C=O) groups excluding carboxylic acids is 1. The Morgan fingerprint density at radius 3 is 2.56 bits per heavy atom. The summed E-state index contributed by atoms with van der Waals surface area (Å²) in [6, 6.07) is 9.89. The minimum absolute atomic E-state index is 0.0382. The van der Waals surface area contributed by atoms with Gasteiger partial charge in [-0.1, -0.05) is 44.2 Å². The maximum atomic E-state index is 11.6. The Labute approximate surface area is 95.6 Å². The highest BCUT2D eigenvalue weighted by molar-refractivity contribution is 5.75. The Balaban J connectivity index is 1.99. The van der Waals surface area contributed by atoms with Gasteiger partial charge in [-0.3, -0.25) is 5.01 Å². The Bertz CT molecular complexity index is 364. The van der Waals surface area contributed by atoms with E-state index in [0.29, 0.717) is 12.5 Å².